The second kappa shape index (κ2) is 14.1. The highest BCUT2D eigenvalue weighted by atomic mass is 127. The summed E-state index contributed by atoms with van der Waals surface area (Å²) in [5.41, 5.74) is 1.46. The first kappa shape index (κ1) is 32.1. The van der Waals surface area contributed by atoms with E-state index in [4.69, 9.17) is 18.9 Å². The van der Waals surface area contributed by atoms with Crippen LogP contribution in [0.2, 0.25) is 0 Å². The molecule has 43 heavy (non-hydrogen) atoms. The number of fused-ring (bicyclic) bond motifs is 1. The van der Waals surface area contributed by atoms with Gasteiger partial charge in [0.15, 0.2) is 34.4 Å². The number of methoxy groups -OCH3 is 1. The van der Waals surface area contributed by atoms with Gasteiger partial charge in [0.25, 0.3) is 5.56 Å². The van der Waals surface area contributed by atoms with Gasteiger partial charge in [0.2, 0.25) is 0 Å². The lowest BCUT2D eigenvalue weighted by Gasteiger charge is -2.25. The quantitative estimate of drug-likeness (QED) is 0.233. The minimum atomic E-state index is -0.884. The number of esters is 2. The van der Waals surface area contributed by atoms with Crippen LogP contribution < -0.4 is 29.1 Å². The number of rotatable bonds is 11. The van der Waals surface area contributed by atoms with E-state index in [9.17, 15) is 19.5 Å². The van der Waals surface area contributed by atoms with Crippen LogP contribution in [0.25, 0.3) is 6.08 Å². The van der Waals surface area contributed by atoms with Gasteiger partial charge in [-0.1, -0.05) is 17.4 Å². The lowest BCUT2D eigenvalue weighted by Crippen LogP contribution is -2.40. The number of carbonyl (C=O) groups is 2. The van der Waals surface area contributed by atoms with Gasteiger partial charge in [-0.05, 0) is 91.8 Å². The summed E-state index contributed by atoms with van der Waals surface area (Å²) in [6, 6.07) is 7.51. The lowest BCUT2D eigenvalue weighted by molar-refractivity contribution is -0.143. The van der Waals surface area contributed by atoms with Crippen molar-refractivity contribution >= 4 is 51.9 Å². The van der Waals surface area contributed by atoms with Crippen LogP contribution >= 0.6 is 33.9 Å². The Labute approximate surface area is 265 Å². The number of halogens is 1. The van der Waals surface area contributed by atoms with Crippen molar-refractivity contribution in [3.63, 3.8) is 0 Å². The van der Waals surface area contributed by atoms with Gasteiger partial charge in [0.05, 0.1) is 52.3 Å². The predicted octanol–water partition coefficient (Wildman–Crippen LogP) is 3.46. The standard InChI is InChI=1S/C30H31IN2O9S/c1-6-39-21-14-18(9-10-20(21)42-15-24(34)38-5)26-25(29(37)41-8-3)16(4)32-30-33(26)28(36)23(43-30)13-17-11-19(31)27(35)22(12-17)40-7-2/h9-14,26,35H,6-8,15H2,1-5H3/b23-13+/t26-/m1/s1. The van der Waals surface area contributed by atoms with Crippen molar-refractivity contribution in [2.24, 2.45) is 4.99 Å². The van der Waals surface area contributed by atoms with Crippen LogP contribution in [0.3, 0.4) is 0 Å². The summed E-state index contributed by atoms with van der Waals surface area (Å²) in [6.45, 7) is 7.50. The molecule has 1 atom stereocenters. The first-order chi connectivity index (χ1) is 20.6. The van der Waals surface area contributed by atoms with E-state index >= 15 is 0 Å². The van der Waals surface area contributed by atoms with E-state index in [-0.39, 0.29) is 30.1 Å². The summed E-state index contributed by atoms with van der Waals surface area (Å²) in [5, 5.41) is 10.4. The predicted molar refractivity (Wildman–Crippen MR) is 168 cm³/mol. The molecule has 0 spiro atoms. The van der Waals surface area contributed by atoms with E-state index in [0.29, 0.717) is 60.2 Å². The van der Waals surface area contributed by atoms with Gasteiger partial charge in [0, 0.05) is 0 Å². The summed E-state index contributed by atoms with van der Waals surface area (Å²) in [5.74, 6) is -0.190. The Kier molecular flexibility index (Phi) is 10.5. The van der Waals surface area contributed by atoms with Crippen molar-refractivity contribution in [2.45, 2.75) is 33.7 Å². The second-order valence-electron chi connectivity index (χ2n) is 9.09. The molecular formula is C30H31IN2O9S. The number of aromatic nitrogens is 1. The van der Waals surface area contributed by atoms with Crippen LogP contribution in [0.1, 0.15) is 44.9 Å². The van der Waals surface area contributed by atoms with Gasteiger partial charge in [-0.3, -0.25) is 9.36 Å². The van der Waals surface area contributed by atoms with Crippen LogP contribution in [0.5, 0.6) is 23.0 Å². The maximum Gasteiger partial charge on any atom is 0.343 e. The zero-order valence-corrected chi connectivity index (χ0v) is 27.2. The van der Waals surface area contributed by atoms with E-state index in [1.807, 2.05) is 29.5 Å². The normalized spacial score (nSPS) is 14.6. The smallest absolute Gasteiger partial charge is 0.343 e. The Balaban J connectivity index is 1.91. The summed E-state index contributed by atoms with van der Waals surface area (Å²) >= 11 is 3.18. The maximum atomic E-state index is 14.0. The first-order valence-corrected chi connectivity index (χ1v) is 15.3. The molecule has 1 aliphatic rings. The highest BCUT2D eigenvalue weighted by molar-refractivity contribution is 14.1. The third kappa shape index (κ3) is 6.88. The largest absolute Gasteiger partial charge is 0.504 e. The monoisotopic (exact) mass is 722 g/mol. The fraction of sp³-hybridized carbons (Fsp3) is 0.333. The summed E-state index contributed by atoms with van der Waals surface area (Å²) < 4.78 is 29.4. The molecule has 4 rings (SSSR count). The first-order valence-electron chi connectivity index (χ1n) is 13.4. The fourth-order valence-electron chi connectivity index (χ4n) is 4.48. The Bertz CT molecular complexity index is 1760. The van der Waals surface area contributed by atoms with Crippen LogP contribution in [0, 0.1) is 3.57 Å². The van der Waals surface area contributed by atoms with Crippen molar-refractivity contribution in [3.8, 4) is 23.0 Å². The molecule has 1 aromatic heterocycles. The molecule has 0 saturated heterocycles. The Hall–Kier alpha value is -3.85. The van der Waals surface area contributed by atoms with E-state index in [2.05, 4.69) is 9.73 Å². The van der Waals surface area contributed by atoms with E-state index in [1.54, 1.807) is 57.2 Å². The molecular weight excluding hydrogens is 691 g/mol. The van der Waals surface area contributed by atoms with Gasteiger partial charge < -0.3 is 28.8 Å². The SMILES string of the molecule is CCOC(=O)C1=C(C)N=c2s/c(=C/c3cc(I)c(O)c(OCC)c3)c(=O)n2[C@@H]1c1ccc(OCC(=O)OC)c(OCC)c1. The second-order valence-corrected chi connectivity index (χ2v) is 11.3. The van der Waals surface area contributed by atoms with E-state index in [0.717, 1.165) is 0 Å². The Morgan fingerprint density at radius 3 is 2.44 bits per heavy atom. The molecule has 0 fully saturated rings. The number of phenolic OH excluding ortho intramolecular Hbond substituents is 1. The van der Waals surface area contributed by atoms with Crippen LogP contribution in [-0.4, -0.2) is 55.1 Å². The fourth-order valence-corrected chi connectivity index (χ4v) is 6.15. The van der Waals surface area contributed by atoms with Gasteiger partial charge in [0.1, 0.15) is 0 Å². The number of benzene rings is 2. The average Bonchev–Trinajstić information content (AvgIpc) is 3.28. The molecule has 0 aliphatic carbocycles. The number of phenols is 1. The molecule has 1 N–H and O–H groups in total. The number of aromatic hydroxyl groups is 1. The zero-order valence-electron chi connectivity index (χ0n) is 24.3. The summed E-state index contributed by atoms with van der Waals surface area (Å²) in [6.07, 6.45) is 1.70. The zero-order chi connectivity index (χ0) is 31.3. The van der Waals surface area contributed by atoms with Crippen molar-refractivity contribution < 1.29 is 38.4 Å². The van der Waals surface area contributed by atoms with Crippen LogP contribution in [0.15, 0.2) is 51.4 Å². The molecule has 0 radical (unpaired) electrons. The van der Waals surface area contributed by atoms with E-state index in [1.165, 1.54) is 23.0 Å². The maximum absolute atomic E-state index is 14.0. The van der Waals surface area contributed by atoms with Gasteiger partial charge >= 0.3 is 11.9 Å². The lowest BCUT2D eigenvalue weighted by atomic mass is 9.95. The van der Waals surface area contributed by atoms with Crippen LogP contribution in [0.4, 0.5) is 0 Å². The molecule has 1 aliphatic heterocycles. The molecule has 2 aromatic carbocycles. The molecule has 0 unspecified atom stereocenters. The van der Waals surface area contributed by atoms with Crippen molar-refractivity contribution in [3.05, 3.63) is 76.0 Å². The average molecular weight is 723 g/mol. The highest BCUT2D eigenvalue weighted by Gasteiger charge is 2.34. The van der Waals surface area contributed by atoms with Gasteiger partial charge in [-0.2, -0.15) is 0 Å². The minimum absolute atomic E-state index is 0.0277. The van der Waals surface area contributed by atoms with Gasteiger partial charge in [-0.25, -0.2) is 14.6 Å². The topological polar surface area (TPSA) is 135 Å². The molecule has 2 heterocycles. The third-order valence-corrected chi connectivity index (χ3v) is 8.13. The number of hydrogen-bond acceptors (Lipinski definition) is 11. The minimum Gasteiger partial charge on any atom is -0.504 e. The molecule has 0 bridgehead atoms. The van der Waals surface area contributed by atoms with Crippen LogP contribution in [-0.2, 0) is 19.1 Å². The molecule has 228 valence electrons. The number of allylic oxidation sites excluding steroid dienone is 1. The third-order valence-electron chi connectivity index (χ3n) is 6.32. The number of thiazole rings is 1. The van der Waals surface area contributed by atoms with E-state index < -0.39 is 18.0 Å². The molecule has 0 amide bonds. The number of nitrogens with zero attached hydrogens (tertiary/aromatic N) is 2. The van der Waals surface area contributed by atoms with Crippen molar-refractivity contribution in [2.75, 3.05) is 33.5 Å². The van der Waals surface area contributed by atoms with Crippen molar-refractivity contribution in [1.29, 1.82) is 0 Å². The number of carbonyl (C=O) groups excluding carboxylic acids is 2. The Morgan fingerprint density at radius 1 is 1.05 bits per heavy atom. The molecule has 0 saturated carbocycles. The number of hydrogen-bond donors (Lipinski definition) is 1. The summed E-state index contributed by atoms with van der Waals surface area (Å²) in [7, 11) is 1.26. The summed E-state index contributed by atoms with van der Waals surface area (Å²) in [4.78, 5) is 43.9. The molecule has 11 nitrogen and oxygen atoms in total. The Morgan fingerprint density at radius 2 is 1.77 bits per heavy atom. The molecule has 3 aromatic rings. The van der Waals surface area contributed by atoms with Gasteiger partial charge in [-0.15, -0.1) is 0 Å². The number of ether oxygens (including phenoxy) is 5. The highest BCUT2D eigenvalue weighted by Crippen LogP contribution is 2.37. The van der Waals surface area contributed by atoms with Crippen molar-refractivity contribution in [1.82, 2.24) is 4.57 Å². The molecule has 13 heteroatoms.